The molecule has 2 aliphatic rings. The van der Waals surface area contributed by atoms with Gasteiger partial charge in [-0.2, -0.15) is 0 Å². The van der Waals surface area contributed by atoms with Gasteiger partial charge in [-0.25, -0.2) is 4.98 Å². The molecule has 0 saturated carbocycles. The first kappa shape index (κ1) is 20.5. The van der Waals surface area contributed by atoms with Crippen molar-refractivity contribution in [2.45, 2.75) is 45.2 Å². The molecule has 0 radical (unpaired) electrons. The number of hydrogen-bond donors (Lipinski definition) is 0. The number of imidazole rings is 1. The first-order chi connectivity index (χ1) is 15.0. The standard InChI is InChI=1S/C25H29ClN4O/c1-17(30-18(2)27-23-15-21(26)9-10-24(23)30)19-5-7-20(8-6-19)25(31)29-14-11-22(16-29)28-12-3-4-13-28/h5-10,15,17,22H,3-4,11-14,16H2,1-2H3/t17-,22+/m1/s1. The van der Waals surface area contributed by atoms with E-state index in [2.05, 4.69) is 33.5 Å². The van der Waals surface area contributed by atoms with Crippen LogP contribution in [0.3, 0.4) is 0 Å². The number of likely N-dealkylation sites (tertiary alicyclic amines) is 2. The van der Waals surface area contributed by atoms with Crippen LogP contribution in [0.5, 0.6) is 0 Å². The summed E-state index contributed by atoms with van der Waals surface area (Å²) < 4.78 is 2.23. The average molecular weight is 437 g/mol. The van der Waals surface area contributed by atoms with E-state index in [9.17, 15) is 4.79 Å². The van der Waals surface area contributed by atoms with Crippen molar-refractivity contribution < 1.29 is 4.79 Å². The zero-order valence-electron chi connectivity index (χ0n) is 18.2. The third-order valence-electron chi connectivity index (χ3n) is 6.96. The highest BCUT2D eigenvalue weighted by Crippen LogP contribution is 2.28. The highest BCUT2D eigenvalue weighted by atomic mass is 35.5. The van der Waals surface area contributed by atoms with Crippen molar-refractivity contribution >= 4 is 28.5 Å². The molecule has 0 aliphatic carbocycles. The van der Waals surface area contributed by atoms with Crippen LogP contribution in [-0.2, 0) is 0 Å². The Morgan fingerprint density at radius 3 is 2.58 bits per heavy atom. The molecule has 2 aliphatic heterocycles. The highest BCUT2D eigenvalue weighted by molar-refractivity contribution is 6.31. The Labute approximate surface area is 188 Å². The number of nitrogens with zero attached hydrogens (tertiary/aromatic N) is 4. The second kappa shape index (κ2) is 8.29. The fourth-order valence-corrected chi connectivity index (χ4v) is 5.41. The van der Waals surface area contributed by atoms with Crippen molar-refractivity contribution in [1.29, 1.82) is 0 Å². The zero-order chi connectivity index (χ0) is 21.5. The Balaban J connectivity index is 1.32. The molecule has 1 aromatic heterocycles. The van der Waals surface area contributed by atoms with Crippen LogP contribution in [0.1, 0.15) is 54.0 Å². The van der Waals surface area contributed by atoms with Gasteiger partial charge in [0, 0.05) is 29.7 Å². The molecule has 5 nitrogen and oxygen atoms in total. The zero-order valence-corrected chi connectivity index (χ0v) is 19.0. The Morgan fingerprint density at radius 1 is 1.10 bits per heavy atom. The smallest absolute Gasteiger partial charge is 0.253 e. The number of benzene rings is 2. The van der Waals surface area contributed by atoms with E-state index in [4.69, 9.17) is 11.6 Å². The number of rotatable bonds is 4. The summed E-state index contributed by atoms with van der Waals surface area (Å²) in [5.41, 5.74) is 3.91. The van der Waals surface area contributed by atoms with Crippen molar-refractivity contribution in [2.75, 3.05) is 26.2 Å². The molecule has 3 heterocycles. The molecule has 2 saturated heterocycles. The molecule has 162 valence electrons. The van der Waals surface area contributed by atoms with Crippen LogP contribution in [0, 0.1) is 6.92 Å². The number of fused-ring (bicyclic) bond motifs is 1. The summed E-state index contributed by atoms with van der Waals surface area (Å²) in [6, 6.07) is 14.6. The summed E-state index contributed by atoms with van der Waals surface area (Å²) in [6.45, 7) is 8.29. The first-order valence-corrected chi connectivity index (χ1v) is 11.7. The van der Waals surface area contributed by atoms with Gasteiger partial charge in [0.1, 0.15) is 5.82 Å². The number of halogens is 1. The fraction of sp³-hybridized carbons (Fsp3) is 0.440. The number of carbonyl (C=O) groups excluding carboxylic acids is 1. The molecule has 0 spiro atoms. The van der Waals surface area contributed by atoms with Gasteiger partial charge in [0.15, 0.2) is 0 Å². The summed E-state index contributed by atoms with van der Waals surface area (Å²) >= 11 is 6.14. The predicted octanol–water partition coefficient (Wildman–Crippen LogP) is 4.92. The van der Waals surface area contributed by atoms with Crippen LogP contribution in [0.15, 0.2) is 42.5 Å². The fourth-order valence-electron chi connectivity index (χ4n) is 5.25. The minimum atomic E-state index is 0.113. The van der Waals surface area contributed by atoms with Crippen molar-refractivity contribution in [1.82, 2.24) is 19.4 Å². The van der Waals surface area contributed by atoms with Crippen molar-refractivity contribution in [3.05, 3.63) is 64.4 Å². The summed E-state index contributed by atoms with van der Waals surface area (Å²) in [4.78, 5) is 22.3. The number of aromatic nitrogens is 2. The molecule has 5 rings (SSSR count). The summed E-state index contributed by atoms with van der Waals surface area (Å²) in [7, 11) is 0. The minimum absolute atomic E-state index is 0.113. The van der Waals surface area contributed by atoms with E-state index < -0.39 is 0 Å². The third kappa shape index (κ3) is 3.85. The van der Waals surface area contributed by atoms with Gasteiger partial charge < -0.3 is 9.47 Å². The topological polar surface area (TPSA) is 41.4 Å². The highest BCUT2D eigenvalue weighted by Gasteiger charge is 2.32. The SMILES string of the molecule is Cc1nc2cc(Cl)ccc2n1[C@H](C)c1ccc(C(=O)N2CC[C@H](N3CCCC3)C2)cc1. The molecular weight excluding hydrogens is 408 g/mol. The van der Waals surface area contributed by atoms with Gasteiger partial charge in [-0.3, -0.25) is 9.69 Å². The lowest BCUT2D eigenvalue weighted by Gasteiger charge is -2.23. The van der Waals surface area contributed by atoms with Gasteiger partial charge in [-0.15, -0.1) is 0 Å². The minimum Gasteiger partial charge on any atom is -0.337 e. The third-order valence-corrected chi connectivity index (χ3v) is 7.20. The lowest BCUT2D eigenvalue weighted by atomic mass is 10.0. The van der Waals surface area contributed by atoms with E-state index in [-0.39, 0.29) is 11.9 Å². The summed E-state index contributed by atoms with van der Waals surface area (Å²) in [5.74, 6) is 1.11. The lowest BCUT2D eigenvalue weighted by Crippen LogP contribution is -2.37. The van der Waals surface area contributed by atoms with Gasteiger partial charge in [0.25, 0.3) is 5.91 Å². The molecule has 0 N–H and O–H groups in total. The lowest BCUT2D eigenvalue weighted by molar-refractivity contribution is 0.0780. The number of amides is 1. The maximum Gasteiger partial charge on any atom is 0.253 e. The van der Waals surface area contributed by atoms with Crippen molar-refractivity contribution in [2.24, 2.45) is 0 Å². The molecular formula is C25H29ClN4O. The molecule has 1 amide bonds. The Kier molecular flexibility index (Phi) is 5.49. The van der Waals surface area contributed by atoms with Crippen molar-refractivity contribution in [3.63, 3.8) is 0 Å². The Bertz CT molecular complexity index is 1100. The molecule has 31 heavy (non-hydrogen) atoms. The maximum absolute atomic E-state index is 13.1. The van der Waals surface area contributed by atoms with Gasteiger partial charge in [-0.05, 0) is 82.1 Å². The van der Waals surface area contributed by atoms with Gasteiger partial charge in [0.2, 0.25) is 0 Å². The van der Waals surface area contributed by atoms with Crippen molar-refractivity contribution in [3.8, 4) is 0 Å². The molecule has 2 atom stereocenters. The van der Waals surface area contributed by atoms with E-state index in [1.165, 1.54) is 25.9 Å². The largest absolute Gasteiger partial charge is 0.337 e. The van der Waals surface area contributed by atoms with Gasteiger partial charge in [-0.1, -0.05) is 23.7 Å². The summed E-state index contributed by atoms with van der Waals surface area (Å²) in [5, 5.41) is 0.696. The van der Waals surface area contributed by atoms with Crippen LogP contribution in [0.4, 0.5) is 0 Å². The van der Waals surface area contributed by atoms with E-state index in [1.807, 2.05) is 42.2 Å². The van der Waals surface area contributed by atoms with E-state index in [1.54, 1.807) is 0 Å². The monoisotopic (exact) mass is 436 g/mol. The van der Waals surface area contributed by atoms with E-state index >= 15 is 0 Å². The molecule has 3 aromatic rings. The molecule has 2 fully saturated rings. The van der Waals surface area contributed by atoms with Crippen LogP contribution >= 0.6 is 11.6 Å². The van der Waals surface area contributed by atoms with Crippen LogP contribution < -0.4 is 0 Å². The number of carbonyl (C=O) groups is 1. The van der Waals surface area contributed by atoms with Crippen LogP contribution in [-0.4, -0.2) is 57.5 Å². The van der Waals surface area contributed by atoms with Gasteiger partial charge in [0.05, 0.1) is 17.1 Å². The van der Waals surface area contributed by atoms with Gasteiger partial charge >= 0.3 is 0 Å². The summed E-state index contributed by atoms with van der Waals surface area (Å²) in [6.07, 6.45) is 3.68. The quantitative estimate of drug-likeness (QED) is 0.583. The Hall–Kier alpha value is -2.37. The van der Waals surface area contributed by atoms with E-state index in [0.717, 1.165) is 47.5 Å². The number of hydrogen-bond acceptors (Lipinski definition) is 3. The molecule has 0 unspecified atom stereocenters. The second-order valence-corrected chi connectivity index (χ2v) is 9.33. The molecule has 6 heteroatoms. The number of aryl methyl sites for hydroxylation is 1. The van der Waals surface area contributed by atoms with Crippen LogP contribution in [0.25, 0.3) is 11.0 Å². The van der Waals surface area contributed by atoms with E-state index in [0.29, 0.717) is 11.1 Å². The Morgan fingerprint density at radius 2 is 1.84 bits per heavy atom. The normalized spacial score (nSPS) is 20.6. The first-order valence-electron chi connectivity index (χ1n) is 11.3. The molecule has 2 aromatic carbocycles. The van der Waals surface area contributed by atoms with Crippen LogP contribution in [0.2, 0.25) is 5.02 Å². The maximum atomic E-state index is 13.1. The average Bonchev–Trinajstić information content (AvgIpc) is 3.51. The predicted molar refractivity (Wildman–Crippen MR) is 125 cm³/mol. The molecule has 0 bridgehead atoms. The second-order valence-electron chi connectivity index (χ2n) is 8.90.